The summed E-state index contributed by atoms with van der Waals surface area (Å²) >= 11 is 0. The summed E-state index contributed by atoms with van der Waals surface area (Å²) in [7, 11) is 0. The zero-order valence-corrected chi connectivity index (χ0v) is 14.4. The third kappa shape index (κ3) is 6.63. The van der Waals surface area contributed by atoms with Gasteiger partial charge in [-0.1, -0.05) is 12.1 Å². The lowest BCUT2D eigenvalue weighted by atomic mass is 10.1. The standard InChI is InChI=1S/C17H23N5O4/c18-7-10-26-12-11-25-9-6-16(23)20-14-4-2-1-3-13(14)17(24)21-15-5-8-19-22-15/h1-5,8H,6-7,9-12,18H2,(H,20,23)(H2,19,21,22,24). The minimum absolute atomic E-state index is 0.174. The maximum Gasteiger partial charge on any atom is 0.258 e. The Kier molecular flexibility index (Phi) is 8.27. The van der Waals surface area contributed by atoms with Crippen molar-refractivity contribution in [3.63, 3.8) is 0 Å². The van der Waals surface area contributed by atoms with Crippen molar-refractivity contribution in [1.29, 1.82) is 0 Å². The van der Waals surface area contributed by atoms with Gasteiger partial charge in [0, 0.05) is 12.6 Å². The Morgan fingerprint density at radius 2 is 1.81 bits per heavy atom. The average Bonchev–Trinajstić information content (AvgIpc) is 3.14. The zero-order valence-electron chi connectivity index (χ0n) is 14.4. The van der Waals surface area contributed by atoms with Gasteiger partial charge in [0.15, 0.2) is 0 Å². The van der Waals surface area contributed by atoms with Crippen LogP contribution in [0.25, 0.3) is 0 Å². The largest absolute Gasteiger partial charge is 0.379 e. The van der Waals surface area contributed by atoms with E-state index in [1.165, 1.54) is 6.20 Å². The minimum Gasteiger partial charge on any atom is -0.379 e. The van der Waals surface area contributed by atoms with E-state index < -0.39 is 0 Å². The lowest BCUT2D eigenvalue weighted by Crippen LogP contribution is -2.19. The molecular weight excluding hydrogens is 338 g/mol. The fourth-order valence-corrected chi connectivity index (χ4v) is 2.09. The highest BCUT2D eigenvalue weighted by atomic mass is 16.5. The van der Waals surface area contributed by atoms with Crippen molar-refractivity contribution >= 4 is 23.3 Å². The number of H-pyrrole nitrogens is 1. The van der Waals surface area contributed by atoms with E-state index in [1.807, 2.05) is 0 Å². The van der Waals surface area contributed by atoms with Crippen LogP contribution < -0.4 is 16.4 Å². The SMILES string of the molecule is NCCOCCOCCC(=O)Nc1ccccc1C(=O)Nc1ccn[nH]1. The number of carbonyl (C=O) groups excluding carboxylic acids is 2. The number of nitrogens with zero attached hydrogens (tertiary/aromatic N) is 1. The van der Waals surface area contributed by atoms with E-state index in [4.69, 9.17) is 15.2 Å². The molecule has 0 bridgehead atoms. The van der Waals surface area contributed by atoms with Crippen LogP contribution >= 0.6 is 0 Å². The van der Waals surface area contributed by atoms with Crippen LogP contribution in [0.4, 0.5) is 11.5 Å². The molecule has 2 rings (SSSR count). The van der Waals surface area contributed by atoms with Crippen LogP contribution in [0, 0.1) is 0 Å². The van der Waals surface area contributed by atoms with E-state index in [-0.39, 0.29) is 24.8 Å². The summed E-state index contributed by atoms with van der Waals surface area (Å²) in [6.45, 7) is 2.06. The van der Waals surface area contributed by atoms with Crippen molar-refractivity contribution in [2.45, 2.75) is 6.42 Å². The van der Waals surface area contributed by atoms with Gasteiger partial charge in [0.05, 0.1) is 50.3 Å². The van der Waals surface area contributed by atoms with E-state index in [2.05, 4.69) is 20.8 Å². The first-order chi connectivity index (χ1) is 12.7. The molecule has 2 aromatic rings. The number of nitrogens with two attached hydrogens (primary N) is 1. The van der Waals surface area contributed by atoms with Crippen LogP contribution in [-0.2, 0) is 14.3 Å². The Bertz CT molecular complexity index is 690. The third-order valence-electron chi connectivity index (χ3n) is 3.30. The number of hydrogen-bond acceptors (Lipinski definition) is 6. The van der Waals surface area contributed by atoms with Crippen molar-refractivity contribution in [3.05, 3.63) is 42.1 Å². The van der Waals surface area contributed by atoms with Gasteiger partial charge in [0.25, 0.3) is 5.91 Å². The molecule has 26 heavy (non-hydrogen) atoms. The summed E-state index contributed by atoms with van der Waals surface area (Å²) in [5, 5.41) is 11.8. The molecule has 2 amide bonds. The van der Waals surface area contributed by atoms with E-state index in [9.17, 15) is 9.59 Å². The number of nitrogens with one attached hydrogen (secondary N) is 3. The number of para-hydroxylation sites is 1. The molecule has 1 aromatic heterocycles. The van der Waals surface area contributed by atoms with Gasteiger partial charge in [0.2, 0.25) is 5.91 Å². The highest BCUT2D eigenvalue weighted by Gasteiger charge is 2.13. The van der Waals surface area contributed by atoms with Crippen molar-refractivity contribution in [1.82, 2.24) is 10.2 Å². The van der Waals surface area contributed by atoms with Gasteiger partial charge in [-0.2, -0.15) is 5.10 Å². The second-order valence-electron chi connectivity index (χ2n) is 5.28. The van der Waals surface area contributed by atoms with Crippen molar-refractivity contribution in [2.24, 2.45) is 5.73 Å². The Balaban J connectivity index is 1.79. The van der Waals surface area contributed by atoms with Crippen LogP contribution in [0.3, 0.4) is 0 Å². The second kappa shape index (κ2) is 11.0. The maximum absolute atomic E-state index is 12.3. The average molecular weight is 361 g/mol. The molecule has 1 aromatic carbocycles. The summed E-state index contributed by atoms with van der Waals surface area (Å²) in [6.07, 6.45) is 1.71. The normalized spacial score (nSPS) is 10.5. The summed E-state index contributed by atoms with van der Waals surface area (Å²) in [4.78, 5) is 24.4. The molecule has 0 saturated heterocycles. The molecule has 9 heteroatoms. The number of ether oxygens (including phenoxy) is 2. The van der Waals surface area contributed by atoms with Crippen molar-refractivity contribution < 1.29 is 19.1 Å². The van der Waals surface area contributed by atoms with Crippen LogP contribution in [0.2, 0.25) is 0 Å². The number of hydrogen-bond donors (Lipinski definition) is 4. The Labute approximate surface area is 151 Å². The topological polar surface area (TPSA) is 131 Å². The second-order valence-corrected chi connectivity index (χ2v) is 5.28. The molecule has 0 aliphatic rings. The number of aromatic amines is 1. The summed E-state index contributed by atoms with van der Waals surface area (Å²) in [5.74, 6) is -0.116. The molecule has 0 saturated carbocycles. The van der Waals surface area contributed by atoms with Gasteiger partial charge >= 0.3 is 0 Å². The first kappa shape index (κ1) is 19.6. The molecular formula is C17H23N5O4. The van der Waals surface area contributed by atoms with Gasteiger partial charge < -0.3 is 25.8 Å². The van der Waals surface area contributed by atoms with Crippen molar-refractivity contribution in [2.75, 3.05) is 43.6 Å². The predicted molar refractivity (Wildman–Crippen MR) is 96.9 cm³/mol. The lowest BCUT2D eigenvalue weighted by Gasteiger charge is -2.11. The van der Waals surface area contributed by atoms with Gasteiger partial charge in [-0.05, 0) is 12.1 Å². The van der Waals surface area contributed by atoms with Gasteiger partial charge in [-0.3, -0.25) is 14.7 Å². The van der Waals surface area contributed by atoms with Crippen LogP contribution in [-0.4, -0.2) is 55.0 Å². The fraction of sp³-hybridized carbons (Fsp3) is 0.353. The van der Waals surface area contributed by atoms with Crippen LogP contribution in [0.15, 0.2) is 36.5 Å². The highest BCUT2D eigenvalue weighted by molar-refractivity contribution is 6.09. The monoisotopic (exact) mass is 361 g/mol. The first-order valence-corrected chi connectivity index (χ1v) is 8.26. The van der Waals surface area contributed by atoms with Gasteiger partial charge in [-0.15, -0.1) is 0 Å². The molecule has 0 aliphatic carbocycles. The summed E-state index contributed by atoms with van der Waals surface area (Å²) in [6, 6.07) is 8.40. The Morgan fingerprint density at radius 3 is 2.54 bits per heavy atom. The lowest BCUT2D eigenvalue weighted by molar-refractivity contribution is -0.117. The van der Waals surface area contributed by atoms with E-state index in [0.29, 0.717) is 43.4 Å². The molecule has 0 aliphatic heterocycles. The molecule has 0 atom stereocenters. The first-order valence-electron chi connectivity index (χ1n) is 8.26. The summed E-state index contributed by atoms with van der Waals surface area (Å²) < 4.78 is 10.5. The molecule has 0 fully saturated rings. The summed E-state index contributed by atoms with van der Waals surface area (Å²) in [5.41, 5.74) is 6.09. The molecule has 0 radical (unpaired) electrons. The third-order valence-corrected chi connectivity index (χ3v) is 3.30. The van der Waals surface area contributed by atoms with E-state index >= 15 is 0 Å². The molecule has 9 nitrogen and oxygen atoms in total. The number of amides is 2. The fourth-order valence-electron chi connectivity index (χ4n) is 2.09. The Morgan fingerprint density at radius 1 is 1.04 bits per heavy atom. The molecule has 0 spiro atoms. The number of carbonyl (C=O) groups is 2. The maximum atomic E-state index is 12.3. The zero-order chi connectivity index (χ0) is 18.6. The minimum atomic E-state index is -0.349. The predicted octanol–water partition coefficient (Wildman–Crippen LogP) is 0.982. The quantitative estimate of drug-likeness (QED) is 0.441. The molecule has 140 valence electrons. The van der Waals surface area contributed by atoms with Gasteiger partial charge in [-0.25, -0.2) is 0 Å². The van der Waals surface area contributed by atoms with E-state index in [0.717, 1.165) is 0 Å². The smallest absolute Gasteiger partial charge is 0.258 e. The van der Waals surface area contributed by atoms with E-state index in [1.54, 1.807) is 30.3 Å². The molecule has 1 heterocycles. The van der Waals surface area contributed by atoms with Crippen LogP contribution in [0.1, 0.15) is 16.8 Å². The van der Waals surface area contributed by atoms with Gasteiger partial charge in [0.1, 0.15) is 5.82 Å². The molecule has 0 unspecified atom stereocenters. The highest BCUT2D eigenvalue weighted by Crippen LogP contribution is 2.17. The van der Waals surface area contributed by atoms with Crippen molar-refractivity contribution in [3.8, 4) is 0 Å². The number of aromatic nitrogens is 2. The number of anilines is 2. The van der Waals surface area contributed by atoms with Crippen LogP contribution in [0.5, 0.6) is 0 Å². The Hall–Kier alpha value is -2.75. The number of benzene rings is 1. The molecule has 5 N–H and O–H groups in total. The number of rotatable bonds is 11.